The summed E-state index contributed by atoms with van der Waals surface area (Å²) in [4.78, 5) is 16.8. The zero-order valence-corrected chi connectivity index (χ0v) is 15.0. The van der Waals surface area contributed by atoms with Gasteiger partial charge in [0.2, 0.25) is 0 Å². The van der Waals surface area contributed by atoms with Crippen molar-refractivity contribution >= 4 is 22.8 Å². The summed E-state index contributed by atoms with van der Waals surface area (Å²) in [6.45, 7) is 0.746. The van der Waals surface area contributed by atoms with E-state index in [0.717, 1.165) is 48.1 Å². The van der Waals surface area contributed by atoms with Gasteiger partial charge >= 0.3 is 0 Å². The molecule has 0 radical (unpaired) electrons. The molecule has 0 spiro atoms. The smallest absolute Gasteiger partial charge is 0.199 e. The van der Waals surface area contributed by atoms with Gasteiger partial charge in [-0.05, 0) is 67.0 Å². The van der Waals surface area contributed by atoms with Crippen LogP contribution in [0.4, 0.5) is 0 Å². The first kappa shape index (κ1) is 17.4. The summed E-state index contributed by atoms with van der Waals surface area (Å²) < 4.78 is 11.4. The van der Waals surface area contributed by atoms with Crippen molar-refractivity contribution in [1.82, 2.24) is 4.98 Å². The predicted octanol–water partition coefficient (Wildman–Crippen LogP) is 5.04. The Morgan fingerprint density at radius 3 is 2.78 bits per heavy atom. The number of hydrogen-bond acceptors (Lipinski definition) is 4. The van der Waals surface area contributed by atoms with Crippen molar-refractivity contribution in [2.45, 2.75) is 25.6 Å². The molecule has 0 saturated carbocycles. The van der Waals surface area contributed by atoms with Gasteiger partial charge in [-0.1, -0.05) is 18.2 Å². The van der Waals surface area contributed by atoms with Gasteiger partial charge in [0.05, 0.1) is 12.1 Å². The maximum atomic E-state index is 12.4. The number of carbonyl (C=O) groups is 1. The van der Waals surface area contributed by atoms with Gasteiger partial charge in [-0.25, -0.2) is 0 Å². The molecule has 0 aliphatic carbocycles. The number of benzene rings is 2. The van der Waals surface area contributed by atoms with E-state index in [9.17, 15) is 4.79 Å². The molecule has 2 heterocycles. The van der Waals surface area contributed by atoms with Crippen molar-refractivity contribution in [2.75, 3.05) is 6.61 Å². The molecular formula is C23H21NO3. The van der Waals surface area contributed by atoms with Gasteiger partial charge < -0.3 is 9.47 Å². The molecule has 1 atom stereocenters. The SMILES string of the molecule is O=C(/C=C/c1cnc2ccccc2c1)c1ccc(OC2CCCCO2)cc1. The van der Waals surface area contributed by atoms with E-state index in [1.165, 1.54) is 0 Å². The fraction of sp³-hybridized carbons (Fsp3) is 0.217. The third-order valence-electron chi connectivity index (χ3n) is 4.58. The summed E-state index contributed by atoms with van der Waals surface area (Å²) in [5.74, 6) is 0.671. The van der Waals surface area contributed by atoms with E-state index >= 15 is 0 Å². The Kier molecular flexibility index (Phi) is 5.26. The van der Waals surface area contributed by atoms with Crippen LogP contribution in [0.2, 0.25) is 0 Å². The lowest BCUT2D eigenvalue weighted by Gasteiger charge is -2.23. The lowest BCUT2D eigenvalue weighted by atomic mass is 10.1. The van der Waals surface area contributed by atoms with Gasteiger partial charge in [0.15, 0.2) is 12.1 Å². The summed E-state index contributed by atoms with van der Waals surface area (Å²) in [7, 11) is 0. The second kappa shape index (κ2) is 8.14. The fourth-order valence-corrected chi connectivity index (χ4v) is 3.10. The van der Waals surface area contributed by atoms with Crippen molar-refractivity contribution < 1.29 is 14.3 Å². The van der Waals surface area contributed by atoms with Crippen LogP contribution in [0.25, 0.3) is 17.0 Å². The minimum atomic E-state index is -0.180. The van der Waals surface area contributed by atoms with Gasteiger partial charge in [-0.15, -0.1) is 0 Å². The van der Waals surface area contributed by atoms with Crippen molar-refractivity contribution in [3.05, 3.63) is 78.0 Å². The predicted molar refractivity (Wildman–Crippen MR) is 106 cm³/mol. The molecule has 136 valence electrons. The quantitative estimate of drug-likeness (QED) is 0.473. The van der Waals surface area contributed by atoms with Crippen LogP contribution in [0.3, 0.4) is 0 Å². The normalized spacial score (nSPS) is 17.3. The van der Waals surface area contributed by atoms with Crippen LogP contribution in [0.15, 0.2) is 66.9 Å². The monoisotopic (exact) mass is 359 g/mol. The number of ketones is 1. The fourth-order valence-electron chi connectivity index (χ4n) is 3.10. The van der Waals surface area contributed by atoms with Crippen LogP contribution in [0.1, 0.15) is 35.2 Å². The zero-order valence-electron chi connectivity index (χ0n) is 15.0. The van der Waals surface area contributed by atoms with Gasteiger partial charge in [-0.2, -0.15) is 0 Å². The molecule has 0 N–H and O–H groups in total. The number of pyridine rings is 1. The molecule has 0 bridgehead atoms. The van der Waals surface area contributed by atoms with E-state index in [0.29, 0.717) is 5.56 Å². The van der Waals surface area contributed by atoms with E-state index in [1.54, 1.807) is 30.5 Å². The van der Waals surface area contributed by atoms with Crippen LogP contribution in [-0.4, -0.2) is 23.7 Å². The summed E-state index contributed by atoms with van der Waals surface area (Å²) in [5, 5.41) is 1.05. The third kappa shape index (κ3) is 4.41. The number of para-hydroxylation sites is 1. The molecular weight excluding hydrogens is 338 g/mol. The maximum Gasteiger partial charge on any atom is 0.199 e. The highest BCUT2D eigenvalue weighted by molar-refractivity contribution is 6.07. The molecule has 4 rings (SSSR count). The van der Waals surface area contributed by atoms with Gasteiger partial charge in [0, 0.05) is 23.6 Å². The number of nitrogens with zero attached hydrogens (tertiary/aromatic N) is 1. The lowest BCUT2D eigenvalue weighted by molar-refractivity contribution is -0.105. The molecule has 1 saturated heterocycles. The molecule has 2 aromatic carbocycles. The second-order valence-electron chi connectivity index (χ2n) is 6.60. The Morgan fingerprint density at radius 1 is 1.11 bits per heavy atom. The Bertz CT molecular complexity index is 957. The number of carbonyl (C=O) groups excluding carboxylic acids is 1. The molecule has 3 aromatic rings. The van der Waals surface area contributed by atoms with Crippen LogP contribution in [0.5, 0.6) is 5.75 Å². The molecule has 4 heteroatoms. The molecule has 1 aliphatic rings. The van der Waals surface area contributed by atoms with Crippen molar-refractivity contribution in [3.8, 4) is 5.75 Å². The molecule has 4 nitrogen and oxygen atoms in total. The van der Waals surface area contributed by atoms with E-state index in [4.69, 9.17) is 9.47 Å². The molecule has 1 aliphatic heterocycles. The van der Waals surface area contributed by atoms with Crippen LogP contribution < -0.4 is 4.74 Å². The largest absolute Gasteiger partial charge is 0.465 e. The van der Waals surface area contributed by atoms with Crippen LogP contribution in [0, 0.1) is 0 Å². The van der Waals surface area contributed by atoms with Gasteiger partial charge in [0.1, 0.15) is 5.75 Å². The molecule has 1 fully saturated rings. The summed E-state index contributed by atoms with van der Waals surface area (Å²) in [5.41, 5.74) is 2.46. The molecule has 27 heavy (non-hydrogen) atoms. The number of rotatable bonds is 5. The number of allylic oxidation sites excluding steroid dienone is 1. The minimum absolute atomic E-state index is 0.0522. The number of aromatic nitrogens is 1. The van der Waals surface area contributed by atoms with E-state index < -0.39 is 0 Å². The van der Waals surface area contributed by atoms with E-state index in [1.807, 2.05) is 42.5 Å². The van der Waals surface area contributed by atoms with E-state index in [2.05, 4.69) is 4.98 Å². The Hall–Kier alpha value is -2.98. The number of fused-ring (bicyclic) bond motifs is 1. The highest BCUT2D eigenvalue weighted by Crippen LogP contribution is 2.20. The Labute approximate surface area is 158 Å². The first-order chi connectivity index (χ1) is 13.3. The number of ether oxygens (including phenoxy) is 2. The summed E-state index contributed by atoms with van der Waals surface area (Å²) in [6.07, 6.45) is 8.08. The summed E-state index contributed by atoms with van der Waals surface area (Å²) >= 11 is 0. The third-order valence-corrected chi connectivity index (χ3v) is 4.58. The van der Waals surface area contributed by atoms with E-state index in [-0.39, 0.29) is 12.1 Å². The second-order valence-corrected chi connectivity index (χ2v) is 6.60. The first-order valence-electron chi connectivity index (χ1n) is 9.23. The standard InChI is InChI=1S/C23H21NO3/c25-22(13-8-17-15-19-5-1-2-6-21(19)24-16-17)18-9-11-20(12-10-18)27-23-7-3-4-14-26-23/h1-2,5-6,8-13,15-16,23H,3-4,7,14H2/b13-8+. The Morgan fingerprint density at radius 2 is 1.96 bits per heavy atom. The summed E-state index contributed by atoms with van der Waals surface area (Å²) in [6, 6.07) is 17.1. The molecule has 1 unspecified atom stereocenters. The molecule has 0 amide bonds. The average molecular weight is 359 g/mol. The van der Waals surface area contributed by atoms with Crippen molar-refractivity contribution in [2.24, 2.45) is 0 Å². The molecule has 1 aromatic heterocycles. The topological polar surface area (TPSA) is 48.4 Å². The average Bonchev–Trinajstić information content (AvgIpc) is 2.73. The highest BCUT2D eigenvalue weighted by atomic mass is 16.7. The minimum Gasteiger partial charge on any atom is -0.465 e. The lowest BCUT2D eigenvalue weighted by Crippen LogP contribution is -2.24. The zero-order chi connectivity index (χ0) is 18.5. The van der Waals surface area contributed by atoms with Crippen LogP contribution >= 0.6 is 0 Å². The van der Waals surface area contributed by atoms with Crippen molar-refractivity contribution in [1.29, 1.82) is 0 Å². The maximum absolute atomic E-state index is 12.4. The highest BCUT2D eigenvalue weighted by Gasteiger charge is 2.15. The van der Waals surface area contributed by atoms with Gasteiger partial charge in [-0.3, -0.25) is 9.78 Å². The Balaban J connectivity index is 1.41. The number of hydrogen-bond donors (Lipinski definition) is 0. The first-order valence-corrected chi connectivity index (χ1v) is 9.23. The van der Waals surface area contributed by atoms with Crippen molar-refractivity contribution in [3.63, 3.8) is 0 Å². The van der Waals surface area contributed by atoms with Crippen LogP contribution in [-0.2, 0) is 4.74 Å². The van der Waals surface area contributed by atoms with Gasteiger partial charge in [0.25, 0.3) is 0 Å².